The van der Waals surface area contributed by atoms with Crippen LogP contribution in [0.2, 0.25) is 0 Å². The van der Waals surface area contributed by atoms with Crippen LogP contribution in [0.25, 0.3) is 0 Å². The zero-order chi connectivity index (χ0) is 25.2. The van der Waals surface area contributed by atoms with Gasteiger partial charge in [0.1, 0.15) is 0 Å². The Morgan fingerprint density at radius 2 is 0.889 bits per heavy atom. The molecule has 0 spiro atoms. The molecule has 0 aromatic rings. The van der Waals surface area contributed by atoms with Crippen molar-refractivity contribution < 1.29 is 127 Å². The second-order valence-electron chi connectivity index (χ2n) is 9.20. The first-order chi connectivity index (χ1) is 15.6. The molecular formula is C24H44N3O6Y3-3. The Kier molecular flexibility index (Phi) is 33.2. The van der Waals surface area contributed by atoms with Gasteiger partial charge >= 0.3 is 0 Å². The third-order valence-electron chi connectivity index (χ3n) is 4.52. The minimum absolute atomic E-state index is 0. The van der Waals surface area contributed by atoms with Gasteiger partial charge in [-0.2, -0.15) is 0 Å². The Balaban J connectivity index is -0.00000171. The first-order valence-corrected chi connectivity index (χ1v) is 11.5. The molecule has 0 aliphatic carbocycles. The van der Waals surface area contributed by atoms with E-state index in [1.807, 2.05) is 0 Å². The molecule has 0 saturated carbocycles. The Hall–Kier alpha value is 1.60. The summed E-state index contributed by atoms with van der Waals surface area (Å²) in [7, 11) is 0. The number of rotatable bonds is 19. The van der Waals surface area contributed by atoms with Crippen LogP contribution in [0.1, 0.15) is 46.5 Å². The maximum atomic E-state index is 11.7. The van der Waals surface area contributed by atoms with Crippen molar-refractivity contribution in [3.05, 3.63) is 20.8 Å². The molecule has 0 heterocycles. The zero-order valence-electron chi connectivity index (χ0n) is 22.5. The third-order valence-corrected chi connectivity index (χ3v) is 4.52. The van der Waals surface area contributed by atoms with E-state index < -0.39 is 5.41 Å². The maximum Gasteiger partial charge on any atom is 0.219 e. The van der Waals surface area contributed by atoms with E-state index >= 15 is 0 Å². The number of ether oxygens (including phenoxy) is 3. The van der Waals surface area contributed by atoms with Crippen molar-refractivity contribution in [1.29, 1.82) is 0 Å². The van der Waals surface area contributed by atoms with Crippen LogP contribution < -0.4 is 16.0 Å². The molecule has 0 aliphatic rings. The number of carbonyl (C=O) groups excluding carboxylic acids is 3. The summed E-state index contributed by atoms with van der Waals surface area (Å²) < 4.78 is 17.6. The van der Waals surface area contributed by atoms with Crippen molar-refractivity contribution in [3.8, 4) is 0 Å². The van der Waals surface area contributed by atoms with Crippen LogP contribution in [-0.4, -0.2) is 77.0 Å². The number of hydrogen-bond donors (Lipinski definition) is 3. The maximum absolute atomic E-state index is 11.7. The van der Waals surface area contributed by atoms with Gasteiger partial charge in [-0.1, -0.05) is 20.8 Å². The predicted molar refractivity (Wildman–Crippen MR) is 128 cm³/mol. The van der Waals surface area contributed by atoms with Crippen LogP contribution in [0, 0.1) is 31.6 Å². The zero-order valence-corrected chi connectivity index (χ0v) is 31.0. The van der Waals surface area contributed by atoms with Crippen LogP contribution in [0.3, 0.4) is 0 Å². The summed E-state index contributed by atoms with van der Waals surface area (Å²) in [6.07, 6.45) is 1.43. The molecule has 0 atom stereocenters. The fourth-order valence-electron chi connectivity index (χ4n) is 3.45. The van der Waals surface area contributed by atoms with Gasteiger partial charge in [-0.25, -0.2) is 0 Å². The SMILES string of the molecule is [CH2-]CNC(=O)CCOCC(COCCC(=O)NC[CH2-])(COCCC(=O)NC[CH2-])CC(C)(C)C.[Y].[Y].[Y]. The van der Waals surface area contributed by atoms with Gasteiger partial charge in [0.25, 0.3) is 0 Å². The van der Waals surface area contributed by atoms with Crippen LogP contribution in [-0.2, 0) is 127 Å². The van der Waals surface area contributed by atoms with Gasteiger partial charge in [0.2, 0.25) is 17.7 Å². The van der Waals surface area contributed by atoms with Gasteiger partial charge in [-0.05, 0) is 11.8 Å². The Morgan fingerprint density at radius 3 is 1.11 bits per heavy atom. The van der Waals surface area contributed by atoms with Crippen molar-refractivity contribution in [2.75, 3.05) is 59.3 Å². The van der Waals surface area contributed by atoms with Crippen LogP contribution in [0.4, 0.5) is 0 Å². The molecule has 9 nitrogen and oxygen atoms in total. The van der Waals surface area contributed by atoms with Crippen molar-refractivity contribution >= 4 is 17.7 Å². The van der Waals surface area contributed by atoms with Crippen LogP contribution in [0.5, 0.6) is 0 Å². The molecule has 0 aromatic heterocycles. The summed E-state index contributed by atoms with van der Waals surface area (Å²) in [6, 6.07) is 0. The van der Waals surface area contributed by atoms with E-state index in [1.165, 1.54) is 0 Å². The summed E-state index contributed by atoms with van der Waals surface area (Å²) in [6.45, 7) is 19.9. The molecule has 36 heavy (non-hydrogen) atoms. The number of hydrogen-bond acceptors (Lipinski definition) is 6. The molecule has 3 N–H and O–H groups in total. The quantitative estimate of drug-likeness (QED) is 0.137. The summed E-state index contributed by atoms with van der Waals surface area (Å²) in [4.78, 5) is 35.1. The van der Waals surface area contributed by atoms with E-state index in [2.05, 4.69) is 57.5 Å². The molecule has 0 aromatic carbocycles. The molecular weight excluding hydrogens is 693 g/mol. The van der Waals surface area contributed by atoms with Gasteiger partial charge in [0, 0.05) is 123 Å². The molecule has 203 valence electrons. The van der Waals surface area contributed by atoms with E-state index in [4.69, 9.17) is 14.2 Å². The molecule has 12 heteroatoms. The Morgan fingerprint density at radius 1 is 0.611 bits per heavy atom. The van der Waals surface area contributed by atoms with Crippen molar-refractivity contribution in [2.45, 2.75) is 46.5 Å². The van der Waals surface area contributed by atoms with E-state index in [9.17, 15) is 14.4 Å². The van der Waals surface area contributed by atoms with Gasteiger partial charge in [0.05, 0.1) is 39.6 Å². The Labute approximate surface area is 294 Å². The van der Waals surface area contributed by atoms with Crippen molar-refractivity contribution in [1.82, 2.24) is 16.0 Å². The summed E-state index contributed by atoms with van der Waals surface area (Å²) in [5.74, 6) is -0.356. The largest absolute Gasteiger partial charge is 0.386 e. The molecule has 3 amide bonds. The van der Waals surface area contributed by atoms with Crippen LogP contribution >= 0.6 is 0 Å². The second kappa shape index (κ2) is 26.8. The number of nitrogens with one attached hydrogen (secondary N) is 3. The summed E-state index contributed by atoms with van der Waals surface area (Å²) in [5, 5.41) is 7.93. The van der Waals surface area contributed by atoms with Gasteiger partial charge in [-0.15, -0.1) is 19.6 Å². The average molecular weight is 737 g/mol. The van der Waals surface area contributed by atoms with Gasteiger partial charge in [0.15, 0.2) is 0 Å². The molecule has 0 unspecified atom stereocenters. The first kappa shape index (κ1) is 44.6. The predicted octanol–water partition coefficient (Wildman–Crippen LogP) is 1.47. The summed E-state index contributed by atoms with van der Waals surface area (Å²) >= 11 is 0. The monoisotopic (exact) mass is 737 g/mol. The molecule has 0 saturated heterocycles. The molecule has 0 rings (SSSR count). The third kappa shape index (κ3) is 25.9. The van der Waals surface area contributed by atoms with Crippen LogP contribution in [0.15, 0.2) is 0 Å². The molecule has 0 aliphatic heterocycles. The first-order valence-electron chi connectivity index (χ1n) is 11.5. The molecule has 3 radical (unpaired) electrons. The molecule has 0 bridgehead atoms. The normalized spacial score (nSPS) is 10.8. The fourth-order valence-corrected chi connectivity index (χ4v) is 3.45. The average Bonchev–Trinajstić information content (AvgIpc) is 2.71. The number of amides is 3. The second-order valence-corrected chi connectivity index (χ2v) is 9.20. The molecule has 0 fully saturated rings. The minimum Gasteiger partial charge on any atom is -0.386 e. The van der Waals surface area contributed by atoms with E-state index in [0.29, 0.717) is 39.5 Å². The van der Waals surface area contributed by atoms with Crippen molar-refractivity contribution in [2.24, 2.45) is 10.8 Å². The van der Waals surface area contributed by atoms with Gasteiger partial charge < -0.3 is 50.9 Å². The van der Waals surface area contributed by atoms with E-state index in [-0.39, 0.29) is 160 Å². The van der Waals surface area contributed by atoms with E-state index in [1.54, 1.807) is 0 Å². The fraction of sp³-hybridized carbons (Fsp3) is 0.750. The minimum atomic E-state index is -0.507. The van der Waals surface area contributed by atoms with Gasteiger partial charge in [-0.3, -0.25) is 14.4 Å². The Bertz CT molecular complexity index is 513. The number of carbonyl (C=O) groups is 3. The topological polar surface area (TPSA) is 115 Å². The summed E-state index contributed by atoms with van der Waals surface area (Å²) in [5.41, 5.74) is -0.565. The standard InChI is InChI=1S/C24H44N3O6.3Y/c1-7-25-20(28)10-13-31-17-24(16-23(4,5)6,18-32-14-11-21(29)26-8-2)19-33-15-12-22(30)27-9-3;;;/h1-3,7-19H2,4-6H3,(H,25,28)(H,26,29)(H,27,30);;;/q-3;;;. The van der Waals surface area contributed by atoms with Crippen molar-refractivity contribution in [3.63, 3.8) is 0 Å². The smallest absolute Gasteiger partial charge is 0.219 e. The van der Waals surface area contributed by atoms with E-state index in [0.717, 1.165) is 6.42 Å².